The number of pyridine rings is 1. The van der Waals surface area contributed by atoms with Crippen LogP contribution in [0.3, 0.4) is 0 Å². The summed E-state index contributed by atoms with van der Waals surface area (Å²) in [6.07, 6.45) is 6.14. The summed E-state index contributed by atoms with van der Waals surface area (Å²) in [6, 6.07) is 7.81. The van der Waals surface area contributed by atoms with Crippen molar-refractivity contribution in [2.24, 2.45) is 0 Å². The molecule has 3 aromatic rings. The summed E-state index contributed by atoms with van der Waals surface area (Å²) in [5, 5.41) is 10.9. The van der Waals surface area contributed by atoms with Crippen molar-refractivity contribution >= 4 is 21.8 Å². The summed E-state index contributed by atoms with van der Waals surface area (Å²) in [7, 11) is 0. The molecule has 0 spiro atoms. The largest absolute Gasteiger partial charge is 0.437 e. The number of aromatic nitrogens is 4. The Kier molecular flexibility index (Phi) is 5.34. The van der Waals surface area contributed by atoms with Gasteiger partial charge in [-0.15, -0.1) is 10.2 Å². The van der Waals surface area contributed by atoms with Crippen LogP contribution in [0.25, 0.3) is 0 Å². The van der Waals surface area contributed by atoms with E-state index >= 15 is 0 Å². The number of carbonyl (C=O) groups is 1. The van der Waals surface area contributed by atoms with Crippen molar-refractivity contribution in [3.05, 3.63) is 64.5 Å². The van der Waals surface area contributed by atoms with Crippen molar-refractivity contribution in [1.29, 1.82) is 0 Å². The van der Waals surface area contributed by atoms with Gasteiger partial charge >= 0.3 is 0 Å². The molecule has 2 aromatic heterocycles. The smallest absolute Gasteiger partial charge is 0.256 e. The topological polar surface area (TPSA) is 81.9 Å². The van der Waals surface area contributed by atoms with Gasteiger partial charge in [0.25, 0.3) is 5.91 Å². The molecule has 0 aliphatic heterocycles. The second kappa shape index (κ2) is 8.05. The molecular formula is C19H17BrFN5O2. The highest BCUT2D eigenvalue weighted by Crippen LogP contribution is 2.35. The summed E-state index contributed by atoms with van der Waals surface area (Å²) in [5.74, 6) is 0.678. The maximum absolute atomic E-state index is 13.3. The van der Waals surface area contributed by atoms with E-state index in [1.54, 1.807) is 18.5 Å². The number of hydrogen-bond donors (Lipinski definition) is 1. The first-order valence-electron chi connectivity index (χ1n) is 8.86. The second-order valence-corrected chi connectivity index (χ2v) is 7.28. The van der Waals surface area contributed by atoms with Gasteiger partial charge in [-0.3, -0.25) is 4.79 Å². The van der Waals surface area contributed by atoms with E-state index in [-0.39, 0.29) is 11.8 Å². The van der Waals surface area contributed by atoms with E-state index < -0.39 is 5.82 Å². The van der Waals surface area contributed by atoms with Crippen molar-refractivity contribution in [3.8, 4) is 11.6 Å². The van der Waals surface area contributed by atoms with Gasteiger partial charge in [-0.05, 0) is 59.1 Å². The molecule has 1 aliphatic carbocycles. The van der Waals surface area contributed by atoms with Crippen molar-refractivity contribution in [2.75, 3.05) is 6.54 Å². The van der Waals surface area contributed by atoms with E-state index in [4.69, 9.17) is 4.74 Å². The number of benzene rings is 1. The summed E-state index contributed by atoms with van der Waals surface area (Å²) < 4.78 is 21.5. The maximum atomic E-state index is 13.3. The van der Waals surface area contributed by atoms with Crippen LogP contribution in [-0.2, 0) is 6.42 Å². The predicted octanol–water partition coefficient (Wildman–Crippen LogP) is 3.67. The quantitative estimate of drug-likeness (QED) is 0.599. The first kappa shape index (κ1) is 18.5. The van der Waals surface area contributed by atoms with Crippen molar-refractivity contribution in [3.63, 3.8) is 0 Å². The molecule has 9 heteroatoms. The van der Waals surface area contributed by atoms with E-state index in [1.165, 1.54) is 24.4 Å². The van der Waals surface area contributed by atoms with E-state index in [9.17, 15) is 9.18 Å². The summed E-state index contributed by atoms with van der Waals surface area (Å²) in [6.45, 7) is 0.415. The number of halogens is 2. The van der Waals surface area contributed by atoms with Crippen LogP contribution in [0.1, 0.15) is 35.1 Å². The van der Waals surface area contributed by atoms with Gasteiger partial charge in [-0.1, -0.05) is 0 Å². The number of hydrogen-bond acceptors (Lipinski definition) is 5. The lowest BCUT2D eigenvalue weighted by atomic mass is 10.2. The van der Waals surface area contributed by atoms with Crippen LogP contribution < -0.4 is 10.1 Å². The van der Waals surface area contributed by atoms with Crippen LogP contribution in [0.4, 0.5) is 4.39 Å². The zero-order valence-corrected chi connectivity index (χ0v) is 16.4. The first-order valence-corrected chi connectivity index (χ1v) is 9.65. The maximum Gasteiger partial charge on any atom is 0.256 e. The van der Waals surface area contributed by atoms with Crippen LogP contribution in [0.5, 0.6) is 11.6 Å². The highest BCUT2D eigenvalue weighted by atomic mass is 79.9. The van der Waals surface area contributed by atoms with Gasteiger partial charge in [0.15, 0.2) is 0 Å². The SMILES string of the molecule is O=C(NCCc1nncn1C1CC1)c1cccnc1Oc1ccc(F)cc1Br. The molecule has 7 nitrogen and oxygen atoms in total. The van der Waals surface area contributed by atoms with E-state index in [0.29, 0.717) is 34.8 Å². The highest BCUT2D eigenvalue weighted by Gasteiger charge is 2.26. The standard InChI is InChI=1S/C19H17BrFN5O2/c20-15-10-12(21)3-6-16(15)28-19-14(2-1-8-23-19)18(27)22-9-7-17-25-24-11-26(17)13-4-5-13/h1-3,6,8,10-11,13H,4-5,7,9H2,(H,22,27). The Balaban J connectivity index is 1.42. The average molecular weight is 446 g/mol. The number of carbonyl (C=O) groups excluding carboxylic acids is 1. The molecule has 1 N–H and O–H groups in total. The van der Waals surface area contributed by atoms with Gasteiger partial charge in [0.2, 0.25) is 5.88 Å². The number of amides is 1. The van der Waals surface area contributed by atoms with Crippen LogP contribution >= 0.6 is 15.9 Å². The molecule has 1 amide bonds. The molecule has 1 aromatic carbocycles. The zero-order chi connectivity index (χ0) is 19.5. The summed E-state index contributed by atoms with van der Waals surface area (Å²) >= 11 is 3.25. The molecule has 4 rings (SSSR count). The molecule has 0 radical (unpaired) electrons. The number of ether oxygens (including phenoxy) is 1. The van der Waals surface area contributed by atoms with Gasteiger partial charge in [-0.25, -0.2) is 9.37 Å². The molecule has 28 heavy (non-hydrogen) atoms. The van der Waals surface area contributed by atoms with Crippen LogP contribution in [-0.4, -0.2) is 32.2 Å². The molecule has 2 heterocycles. The zero-order valence-electron chi connectivity index (χ0n) is 14.8. The van der Waals surface area contributed by atoms with Gasteiger partial charge in [0.1, 0.15) is 29.3 Å². The van der Waals surface area contributed by atoms with E-state index in [1.807, 2.05) is 0 Å². The average Bonchev–Trinajstić information content (AvgIpc) is 3.43. The molecular weight excluding hydrogens is 429 g/mol. The fourth-order valence-electron chi connectivity index (χ4n) is 2.79. The van der Waals surface area contributed by atoms with Crippen LogP contribution in [0.2, 0.25) is 0 Å². The van der Waals surface area contributed by atoms with E-state index in [0.717, 1.165) is 18.7 Å². The Hall–Kier alpha value is -2.81. The molecule has 1 aliphatic rings. The lowest BCUT2D eigenvalue weighted by molar-refractivity contribution is 0.0951. The fourth-order valence-corrected chi connectivity index (χ4v) is 3.23. The third kappa shape index (κ3) is 4.19. The number of nitrogens with one attached hydrogen (secondary N) is 1. The lowest BCUT2D eigenvalue weighted by Gasteiger charge is -2.11. The van der Waals surface area contributed by atoms with Gasteiger partial charge in [0.05, 0.1) is 4.47 Å². The van der Waals surface area contributed by atoms with Crippen LogP contribution in [0.15, 0.2) is 47.3 Å². The molecule has 0 saturated heterocycles. The Labute approximate surface area is 169 Å². The van der Waals surface area contributed by atoms with Gasteiger partial charge < -0.3 is 14.6 Å². The minimum absolute atomic E-state index is 0.147. The van der Waals surface area contributed by atoms with Crippen molar-refractivity contribution in [2.45, 2.75) is 25.3 Å². The van der Waals surface area contributed by atoms with Crippen molar-refractivity contribution < 1.29 is 13.9 Å². The normalized spacial score (nSPS) is 13.4. The highest BCUT2D eigenvalue weighted by molar-refractivity contribution is 9.10. The van der Waals surface area contributed by atoms with Gasteiger partial charge in [-0.2, -0.15) is 0 Å². The molecule has 0 unspecified atom stereocenters. The predicted molar refractivity (Wildman–Crippen MR) is 103 cm³/mol. The molecule has 1 fully saturated rings. The van der Waals surface area contributed by atoms with E-state index in [2.05, 4.69) is 41.0 Å². The van der Waals surface area contributed by atoms with Crippen molar-refractivity contribution in [1.82, 2.24) is 25.1 Å². The summed E-state index contributed by atoms with van der Waals surface area (Å²) in [4.78, 5) is 16.7. The molecule has 144 valence electrons. The Bertz CT molecular complexity index is 1010. The minimum Gasteiger partial charge on any atom is -0.437 e. The molecule has 1 saturated carbocycles. The third-order valence-electron chi connectivity index (χ3n) is 4.34. The Morgan fingerprint density at radius 1 is 1.36 bits per heavy atom. The molecule has 0 atom stereocenters. The lowest BCUT2D eigenvalue weighted by Crippen LogP contribution is -2.27. The monoisotopic (exact) mass is 445 g/mol. The second-order valence-electron chi connectivity index (χ2n) is 6.42. The molecule has 0 bridgehead atoms. The number of rotatable bonds is 7. The Morgan fingerprint density at radius 3 is 3.00 bits per heavy atom. The number of nitrogens with zero attached hydrogens (tertiary/aromatic N) is 4. The summed E-state index contributed by atoms with van der Waals surface area (Å²) in [5.41, 5.74) is 0.294. The third-order valence-corrected chi connectivity index (χ3v) is 4.96. The van der Waals surface area contributed by atoms with Crippen LogP contribution in [0, 0.1) is 5.82 Å². The fraction of sp³-hybridized carbons (Fsp3) is 0.263. The Morgan fingerprint density at radius 2 is 2.21 bits per heavy atom. The minimum atomic E-state index is -0.391. The van der Waals surface area contributed by atoms with Gasteiger partial charge in [0, 0.05) is 25.2 Å². The first-order chi connectivity index (χ1) is 13.6.